The van der Waals surface area contributed by atoms with Crippen molar-refractivity contribution in [1.82, 2.24) is 4.98 Å². The van der Waals surface area contributed by atoms with Gasteiger partial charge in [0.15, 0.2) is 0 Å². The van der Waals surface area contributed by atoms with Crippen molar-refractivity contribution >= 4 is 21.7 Å². The van der Waals surface area contributed by atoms with Gasteiger partial charge in [-0.05, 0) is 35.1 Å². The second-order valence-corrected chi connectivity index (χ2v) is 7.42. The highest BCUT2D eigenvalue weighted by molar-refractivity contribution is 6.07. The summed E-state index contributed by atoms with van der Waals surface area (Å²) < 4.78 is 0. The first-order chi connectivity index (χ1) is 10.6. The standard InChI is InChI=1S/C20H24N2/c1-12-17(18-16(10-11-21)20(18,2)3)15-9-8-13-6-4-5-7-14(13)19(15)22-12/h4-9,16,18,22H,10-11,21H2,1-3H3/p+1/t16-,18+/m0/s1. The van der Waals surface area contributed by atoms with Crippen LogP contribution in [-0.2, 0) is 0 Å². The maximum Gasteiger partial charge on any atom is 0.0742 e. The second kappa shape index (κ2) is 4.60. The van der Waals surface area contributed by atoms with Gasteiger partial charge in [-0.2, -0.15) is 0 Å². The lowest BCUT2D eigenvalue weighted by Crippen LogP contribution is -2.50. The first-order valence-corrected chi connectivity index (χ1v) is 8.35. The van der Waals surface area contributed by atoms with Gasteiger partial charge < -0.3 is 10.7 Å². The predicted molar refractivity (Wildman–Crippen MR) is 92.9 cm³/mol. The van der Waals surface area contributed by atoms with Crippen LogP contribution < -0.4 is 5.73 Å². The molecule has 114 valence electrons. The summed E-state index contributed by atoms with van der Waals surface area (Å²) in [5, 5.41) is 4.06. The third-order valence-corrected chi connectivity index (χ3v) is 5.81. The molecule has 1 fully saturated rings. The molecule has 22 heavy (non-hydrogen) atoms. The maximum atomic E-state index is 4.07. The van der Waals surface area contributed by atoms with E-state index in [1.165, 1.54) is 33.8 Å². The van der Waals surface area contributed by atoms with Crippen molar-refractivity contribution in [1.29, 1.82) is 0 Å². The number of benzene rings is 2. The van der Waals surface area contributed by atoms with Crippen molar-refractivity contribution in [3.05, 3.63) is 47.7 Å². The van der Waals surface area contributed by atoms with E-state index < -0.39 is 0 Å². The molecule has 0 radical (unpaired) electrons. The molecule has 4 N–H and O–H groups in total. The molecule has 1 aliphatic carbocycles. The number of aryl methyl sites for hydroxylation is 1. The van der Waals surface area contributed by atoms with Crippen LogP contribution in [-0.4, -0.2) is 11.5 Å². The molecule has 0 amide bonds. The first-order valence-electron chi connectivity index (χ1n) is 8.35. The Bertz CT molecular complexity index is 857. The molecular weight excluding hydrogens is 268 g/mol. The van der Waals surface area contributed by atoms with Crippen molar-refractivity contribution in [2.24, 2.45) is 11.3 Å². The molecule has 1 aromatic heterocycles. The van der Waals surface area contributed by atoms with Crippen LogP contribution >= 0.6 is 0 Å². The Morgan fingerprint density at radius 3 is 2.64 bits per heavy atom. The largest absolute Gasteiger partial charge is 0.358 e. The summed E-state index contributed by atoms with van der Waals surface area (Å²) in [4.78, 5) is 3.68. The Morgan fingerprint density at radius 2 is 1.86 bits per heavy atom. The molecule has 3 aromatic rings. The van der Waals surface area contributed by atoms with Gasteiger partial charge in [0.05, 0.1) is 12.1 Å². The lowest BCUT2D eigenvalue weighted by Gasteiger charge is -2.04. The van der Waals surface area contributed by atoms with Gasteiger partial charge in [0.25, 0.3) is 0 Å². The predicted octanol–water partition coefficient (Wildman–Crippen LogP) is 4.00. The first kappa shape index (κ1) is 13.8. The molecule has 0 bridgehead atoms. The van der Waals surface area contributed by atoms with Crippen LogP contribution in [0.15, 0.2) is 36.4 Å². The number of quaternary nitrogens is 1. The van der Waals surface area contributed by atoms with Crippen molar-refractivity contribution < 1.29 is 5.73 Å². The Hall–Kier alpha value is -1.80. The smallest absolute Gasteiger partial charge is 0.0742 e. The number of hydrogen-bond acceptors (Lipinski definition) is 0. The summed E-state index contributed by atoms with van der Waals surface area (Å²) in [5.41, 5.74) is 8.67. The molecule has 0 saturated heterocycles. The van der Waals surface area contributed by atoms with Crippen LogP contribution in [0, 0.1) is 18.3 Å². The van der Waals surface area contributed by atoms with Crippen LogP contribution in [0.25, 0.3) is 21.7 Å². The lowest BCUT2D eigenvalue weighted by atomic mass is 9.98. The molecule has 2 nitrogen and oxygen atoms in total. The highest BCUT2D eigenvalue weighted by Crippen LogP contribution is 2.67. The summed E-state index contributed by atoms with van der Waals surface area (Å²) in [7, 11) is 0. The van der Waals surface area contributed by atoms with E-state index in [9.17, 15) is 0 Å². The fourth-order valence-corrected chi connectivity index (χ4v) is 4.56. The summed E-state index contributed by atoms with van der Waals surface area (Å²) in [6.45, 7) is 8.10. The molecule has 2 heteroatoms. The van der Waals surface area contributed by atoms with Gasteiger partial charge in [-0.25, -0.2) is 0 Å². The molecule has 0 unspecified atom stereocenters. The zero-order valence-corrected chi connectivity index (χ0v) is 13.7. The fourth-order valence-electron chi connectivity index (χ4n) is 4.56. The Kier molecular flexibility index (Phi) is 2.89. The highest BCUT2D eigenvalue weighted by atomic mass is 14.7. The van der Waals surface area contributed by atoms with Gasteiger partial charge >= 0.3 is 0 Å². The van der Waals surface area contributed by atoms with Gasteiger partial charge in [0, 0.05) is 22.9 Å². The lowest BCUT2D eigenvalue weighted by molar-refractivity contribution is -0.369. The number of fused-ring (bicyclic) bond motifs is 3. The monoisotopic (exact) mass is 293 g/mol. The minimum Gasteiger partial charge on any atom is -0.358 e. The van der Waals surface area contributed by atoms with Crippen molar-refractivity contribution in [3.8, 4) is 0 Å². The average molecular weight is 293 g/mol. The minimum absolute atomic E-state index is 0.406. The Labute approximate surface area is 131 Å². The number of nitrogens with one attached hydrogen (secondary N) is 1. The van der Waals surface area contributed by atoms with Gasteiger partial charge in [-0.15, -0.1) is 0 Å². The van der Waals surface area contributed by atoms with Gasteiger partial charge in [-0.1, -0.05) is 50.2 Å². The van der Waals surface area contributed by atoms with Gasteiger partial charge in [0.2, 0.25) is 0 Å². The molecule has 0 spiro atoms. The quantitative estimate of drug-likeness (QED) is 0.733. The molecule has 0 aliphatic heterocycles. The normalized spacial score (nSPS) is 23.3. The summed E-state index contributed by atoms with van der Waals surface area (Å²) in [6.07, 6.45) is 1.23. The van der Waals surface area contributed by atoms with Crippen molar-refractivity contribution in [2.75, 3.05) is 6.54 Å². The van der Waals surface area contributed by atoms with Crippen LogP contribution in [0.5, 0.6) is 0 Å². The van der Waals surface area contributed by atoms with Crippen LogP contribution in [0.4, 0.5) is 0 Å². The zero-order valence-electron chi connectivity index (χ0n) is 13.7. The van der Waals surface area contributed by atoms with E-state index in [0.29, 0.717) is 11.3 Å². The molecule has 1 saturated carbocycles. The number of H-pyrrole nitrogens is 1. The summed E-state index contributed by atoms with van der Waals surface area (Å²) in [6, 6.07) is 13.2. The van der Waals surface area contributed by atoms with Gasteiger partial charge in [0.1, 0.15) is 0 Å². The Balaban J connectivity index is 1.93. The van der Waals surface area contributed by atoms with E-state index in [-0.39, 0.29) is 0 Å². The molecule has 2 aromatic carbocycles. The summed E-state index contributed by atoms with van der Waals surface area (Å²) >= 11 is 0. The third kappa shape index (κ3) is 1.77. The van der Waals surface area contributed by atoms with E-state index in [1.54, 1.807) is 5.56 Å². The molecule has 1 heterocycles. The number of hydrogen-bond donors (Lipinski definition) is 2. The number of rotatable bonds is 3. The second-order valence-electron chi connectivity index (χ2n) is 7.42. The highest BCUT2D eigenvalue weighted by Gasteiger charge is 2.58. The molecule has 1 aliphatic rings. The van der Waals surface area contributed by atoms with E-state index in [2.05, 4.69) is 67.9 Å². The third-order valence-electron chi connectivity index (χ3n) is 5.81. The topological polar surface area (TPSA) is 43.4 Å². The SMILES string of the molecule is Cc1[nH]c2c(ccc3ccccc32)c1[C@H]1[C@H](CC[NH3+])C1(C)C. The van der Waals surface area contributed by atoms with Crippen LogP contribution in [0.3, 0.4) is 0 Å². The maximum absolute atomic E-state index is 4.07. The Morgan fingerprint density at radius 1 is 1.09 bits per heavy atom. The van der Waals surface area contributed by atoms with Gasteiger partial charge in [-0.3, -0.25) is 0 Å². The molecule has 2 atom stereocenters. The minimum atomic E-state index is 0.406. The average Bonchev–Trinajstić information content (AvgIpc) is 2.87. The molecule has 4 rings (SSSR count). The van der Waals surface area contributed by atoms with E-state index in [4.69, 9.17) is 0 Å². The number of aromatic amines is 1. The van der Waals surface area contributed by atoms with Crippen LogP contribution in [0.2, 0.25) is 0 Å². The van der Waals surface area contributed by atoms with Crippen LogP contribution in [0.1, 0.15) is 37.4 Å². The van der Waals surface area contributed by atoms with E-state index >= 15 is 0 Å². The zero-order chi connectivity index (χ0) is 15.5. The molecular formula is C20H25N2+. The summed E-state index contributed by atoms with van der Waals surface area (Å²) in [5.74, 6) is 1.44. The van der Waals surface area contributed by atoms with E-state index in [0.717, 1.165) is 12.5 Å². The van der Waals surface area contributed by atoms with E-state index in [1.807, 2.05) is 0 Å². The van der Waals surface area contributed by atoms with Crippen molar-refractivity contribution in [3.63, 3.8) is 0 Å². The fraction of sp³-hybridized carbons (Fsp3) is 0.400. The number of aromatic nitrogens is 1. The van der Waals surface area contributed by atoms with Crippen molar-refractivity contribution in [2.45, 2.75) is 33.1 Å².